The summed E-state index contributed by atoms with van der Waals surface area (Å²) in [5.41, 5.74) is 14.9. The average molecular weight is 769 g/mol. The minimum absolute atomic E-state index is 0.105. The summed E-state index contributed by atoms with van der Waals surface area (Å²) in [6, 6.07) is 43.6. The second-order valence-electron chi connectivity index (χ2n) is 19.5. The lowest BCUT2D eigenvalue weighted by Crippen LogP contribution is -2.31. The Balaban J connectivity index is 1.08. The van der Waals surface area contributed by atoms with Crippen molar-refractivity contribution in [2.45, 2.75) is 90.1 Å². The first-order chi connectivity index (χ1) is 27.4. The minimum atomic E-state index is -0.492. The molecule has 0 aliphatic heterocycles. The maximum absolute atomic E-state index is 12.3. The van der Waals surface area contributed by atoms with E-state index in [9.17, 15) is 10.2 Å². The second-order valence-corrected chi connectivity index (χ2v) is 19.5. The number of benzene rings is 6. The number of hydrogen-bond acceptors (Lipinski definition) is 4. The molecule has 6 aromatic rings. The van der Waals surface area contributed by atoms with Crippen molar-refractivity contribution >= 4 is 0 Å². The molecule has 2 aliphatic rings. The van der Waals surface area contributed by atoms with Gasteiger partial charge in [-0.1, -0.05) is 163 Å². The number of phenols is 2. The van der Waals surface area contributed by atoms with E-state index in [1.807, 2.05) is 0 Å². The molecule has 0 bridgehead atoms. The van der Waals surface area contributed by atoms with Crippen molar-refractivity contribution in [3.8, 4) is 33.8 Å². The summed E-state index contributed by atoms with van der Waals surface area (Å²) in [6.45, 7) is 20.9. The molecule has 58 heavy (non-hydrogen) atoms. The van der Waals surface area contributed by atoms with Crippen LogP contribution in [0.4, 0.5) is 0 Å². The maximum atomic E-state index is 12.3. The highest BCUT2D eigenvalue weighted by atomic mass is 16.3. The van der Waals surface area contributed by atoms with E-state index < -0.39 is 10.8 Å². The van der Waals surface area contributed by atoms with Gasteiger partial charge in [0.25, 0.3) is 0 Å². The molecule has 6 aromatic carbocycles. The van der Waals surface area contributed by atoms with Crippen LogP contribution in [0.5, 0.6) is 11.5 Å². The van der Waals surface area contributed by atoms with Crippen molar-refractivity contribution < 1.29 is 10.2 Å². The summed E-state index contributed by atoms with van der Waals surface area (Å²) in [5.74, 6) is 0.754. The molecule has 8 rings (SSSR count). The molecule has 4 heteroatoms. The number of phenolic OH excluding ortho intramolecular Hbond substituents is 2. The van der Waals surface area contributed by atoms with E-state index in [-0.39, 0.29) is 10.8 Å². The first-order valence-corrected chi connectivity index (χ1v) is 20.9. The Bertz CT molecular complexity index is 2270. The standard InChI is InChI=1S/C54H60N2O2/c1-51(2,3)37-29-35(49(57)47(31-37)53(7)43-23-15-11-19-39(43)40-20-12-16-24-44(40)53)33-55(9)27-28-56(10)34-36-30-38(52(4,5)6)32-48(50(36)58)54(8)45-25-17-13-21-41(45)42-22-14-18-26-46(42)54/h11-26,29-32,57-58H,27-28,33-34H2,1-10H3. The van der Waals surface area contributed by atoms with Crippen molar-refractivity contribution in [3.05, 3.63) is 177 Å². The van der Waals surface area contributed by atoms with Gasteiger partial charge in [0, 0.05) is 59.3 Å². The SMILES string of the molecule is CN(CCN(C)Cc1cc(C(C)(C)C)cc(C2(C)c3ccccc3-c3ccccc32)c1O)Cc1cc(C(C)(C)C)cc(C2(C)c3ccccc3-c3ccccc32)c1O. The van der Waals surface area contributed by atoms with E-state index in [0.29, 0.717) is 24.6 Å². The van der Waals surface area contributed by atoms with Crippen LogP contribution in [0, 0.1) is 0 Å². The van der Waals surface area contributed by atoms with Gasteiger partial charge >= 0.3 is 0 Å². The lowest BCUT2D eigenvalue weighted by molar-refractivity contribution is 0.243. The van der Waals surface area contributed by atoms with Gasteiger partial charge in [0.1, 0.15) is 11.5 Å². The van der Waals surface area contributed by atoms with Crippen LogP contribution < -0.4 is 0 Å². The highest BCUT2D eigenvalue weighted by Crippen LogP contribution is 2.56. The molecular formula is C54H60N2O2. The predicted octanol–water partition coefficient (Wildman–Crippen LogP) is 11.9. The van der Waals surface area contributed by atoms with Crippen LogP contribution in [0.3, 0.4) is 0 Å². The first kappa shape index (κ1) is 39.7. The summed E-state index contributed by atoms with van der Waals surface area (Å²) in [7, 11) is 4.29. The van der Waals surface area contributed by atoms with E-state index >= 15 is 0 Å². The molecule has 0 fully saturated rings. The quantitative estimate of drug-likeness (QED) is 0.154. The molecule has 0 aromatic heterocycles. The Morgan fingerprint density at radius 3 is 0.983 bits per heavy atom. The normalized spacial score (nSPS) is 15.0. The number of aromatic hydroxyl groups is 2. The molecule has 0 amide bonds. The number of hydrogen-bond donors (Lipinski definition) is 2. The molecule has 0 saturated carbocycles. The smallest absolute Gasteiger partial charge is 0.124 e. The first-order valence-electron chi connectivity index (χ1n) is 20.9. The van der Waals surface area contributed by atoms with Crippen LogP contribution in [0.1, 0.15) is 111 Å². The van der Waals surface area contributed by atoms with Crippen molar-refractivity contribution in [1.29, 1.82) is 0 Å². The zero-order valence-corrected chi connectivity index (χ0v) is 36.2. The van der Waals surface area contributed by atoms with Crippen molar-refractivity contribution in [3.63, 3.8) is 0 Å². The lowest BCUT2D eigenvalue weighted by atomic mass is 9.71. The van der Waals surface area contributed by atoms with Gasteiger partial charge in [-0.2, -0.15) is 0 Å². The van der Waals surface area contributed by atoms with Gasteiger partial charge < -0.3 is 20.0 Å². The maximum Gasteiger partial charge on any atom is 0.124 e. The molecular weight excluding hydrogens is 709 g/mol. The lowest BCUT2D eigenvalue weighted by Gasteiger charge is -2.33. The summed E-state index contributed by atoms with van der Waals surface area (Å²) in [5, 5.41) is 24.6. The van der Waals surface area contributed by atoms with Gasteiger partial charge in [-0.25, -0.2) is 0 Å². The largest absolute Gasteiger partial charge is 0.507 e. The molecule has 0 spiro atoms. The average Bonchev–Trinajstić information content (AvgIpc) is 3.61. The summed E-state index contributed by atoms with van der Waals surface area (Å²) in [6.07, 6.45) is 0. The summed E-state index contributed by atoms with van der Waals surface area (Å²) in [4.78, 5) is 4.62. The third kappa shape index (κ3) is 6.46. The summed E-state index contributed by atoms with van der Waals surface area (Å²) >= 11 is 0. The summed E-state index contributed by atoms with van der Waals surface area (Å²) < 4.78 is 0. The fourth-order valence-electron chi connectivity index (χ4n) is 9.83. The fraction of sp³-hybridized carbons (Fsp3) is 0.333. The molecule has 0 saturated heterocycles. The zero-order valence-electron chi connectivity index (χ0n) is 36.2. The van der Waals surface area contributed by atoms with Crippen molar-refractivity contribution in [2.24, 2.45) is 0 Å². The molecule has 298 valence electrons. The van der Waals surface area contributed by atoms with Crippen LogP contribution in [0.2, 0.25) is 0 Å². The van der Waals surface area contributed by atoms with Gasteiger partial charge in [0.2, 0.25) is 0 Å². The zero-order chi connectivity index (χ0) is 41.4. The Kier molecular flexibility index (Phi) is 9.77. The molecule has 2 aliphatic carbocycles. The van der Waals surface area contributed by atoms with Crippen LogP contribution >= 0.6 is 0 Å². The molecule has 4 nitrogen and oxygen atoms in total. The molecule has 0 atom stereocenters. The van der Waals surface area contributed by atoms with E-state index in [4.69, 9.17) is 0 Å². The van der Waals surface area contributed by atoms with Gasteiger partial charge in [-0.05, 0) is 94.4 Å². The van der Waals surface area contributed by atoms with E-state index in [0.717, 1.165) is 35.3 Å². The third-order valence-electron chi connectivity index (χ3n) is 13.4. The van der Waals surface area contributed by atoms with E-state index in [1.165, 1.54) is 55.6 Å². The third-order valence-corrected chi connectivity index (χ3v) is 13.4. The number of rotatable bonds is 9. The van der Waals surface area contributed by atoms with Gasteiger partial charge in [0.15, 0.2) is 0 Å². The number of likely N-dealkylation sites (N-methyl/N-ethyl adjacent to an activating group) is 2. The number of nitrogens with zero attached hydrogens (tertiary/aromatic N) is 2. The predicted molar refractivity (Wildman–Crippen MR) is 241 cm³/mol. The monoisotopic (exact) mass is 768 g/mol. The molecule has 0 heterocycles. The Labute approximate surface area is 346 Å². The van der Waals surface area contributed by atoms with Crippen LogP contribution in [-0.4, -0.2) is 47.2 Å². The van der Waals surface area contributed by atoms with Gasteiger partial charge in [-0.15, -0.1) is 0 Å². The highest BCUT2D eigenvalue weighted by molar-refractivity contribution is 5.85. The highest BCUT2D eigenvalue weighted by Gasteiger charge is 2.44. The van der Waals surface area contributed by atoms with Gasteiger partial charge in [0.05, 0.1) is 0 Å². The second kappa shape index (κ2) is 14.3. The van der Waals surface area contributed by atoms with E-state index in [1.54, 1.807) is 0 Å². The number of fused-ring (bicyclic) bond motifs is 6. The minimum Gasteiger partial charge on any atom is -0.507 e. The Morgan fingerprint density at radius 2 is 0.707 bits per heavy atom. The van der Waals surface area contributed by atoms with Crippen molar-refractivity contribution in [2.75, 3.05) is 27.2 Å². The van der Waals surface area contributed by atoms with E-state index in [2.05, 4.69) is 201 Å². The van der Waals surface area contributed by atoms with Crippen LogP contribution in [-0.2, 0) is 34.7 Å². The molecule has 0 unspecified atom stereocenters. The van der Waals surface area contributed by atoms with Gasteiger partial charge in [-0.3, -0.25) is 0 Å². The topological polar surface area (TPSA) is 46.9 Å². The molecule has 0 radical (unpaired) electrons. The van der Waals surface area contributed by atoms with Crippen LogP contribution in [0.25, 0.3) is 22.3 Å². The van der Waals surface area contributed by atoms with Crippen LogP contribution in [0.15, 0.2) is 121 Å². The Hall–Kier alpha value is -5.16. The molecule has 2 N–H and O–H groups in total. The fourth-order valence-corrected chi connectivity index (χ4v) is 9.83. The Morgan fingerprint density at radius 1 is 0.431 bits per heavy atom. The van der Waals surface area contributed by atoms with Crippen molar-refractivity contribution in [1.82, 2.24) is 9.80 Å².